The Morgan fingerprint density at radius 2 is 1.90 bits per heavy atom. The number of carbonyl (C=O) groups excluding carboxylic acids is 1. The zero-order chi connectivity index (χ0) is 8.36. The first-order valence-electron chi connectivity index (χ1n) is 2.57. The molecule has 0 radical (unpaired) electrons. The molecule has 0 unspecified atom stereocenters. The number of hydrogen-bond donors (Lipinski definition) is 2. The molecule has 1 amide bonds. The zero-order valence-electron chi connectivity index (χ0n) is 5.64. The predicted octanol–water partition coefficient (Wildman–Crippen LogP) is 0.798. The number of carboxylic acid groups (broad SMARTS) is 1. The molecule has 0 aliphatic rings. The lowest BCUT2D eigenvalue weighted by Crippen LogP contribution is -2.47. The first kappa shape index (κ1) is 9.23. The molecular formula is C5H8ClNO3. The van der Waals surface area contributed by atoms with Gasteiger partial charge in [-0.2, -0.15) is 0 Å². The van der Waals surface area contributed by atoms with Gasteiger partial charge in [0, 0.05) is 0 Å². The quantitative estimate of drug-likeness (QED) is 0.595. The van der Waals surface area contributed by atoms with Crippen molar-refractivity contribution in [2.24, 2.45) is 0 Å². The van der Waals surface area contributed by atoms with E-state index in [1.165, 1.54) is 13.8 Å². The van der Waals surface area contributed by atoms with E-state index in [2.05, 4.69) is 0 Å². The molecule has 0 saturated heterocycles. The van der Waals surface area contributed by atoms with E-state index < -0.39 is 16.9 Å². The minimum absolute atomic E-state index is 0.727. The van der Waals surface area contributed by atoms with Gasteiger partial charge in [0.05, 0.1) is 0 Å². The smallest absolute Gasteiger partial charge is 0.405 e. The summed E-state index contributed by atoms with van der Waals surface area (Å²) in [7, 11) is 0. The predicted molar refractivity (Wildman–Crippen MR) is 36.1 cm³/mol. The number of carbonyl (C=O) groups is 2. The summed E-state index contributed by atoms with van der Waals surface area (Å²) in [6.45, 7) is 2.77. The van der Waals surface area contributed by atoms with Gasteiger partial charge in [-0.1, -0.05) is 0 Å². The van der Waals surface area contributed by atoms with E-state index in [9.17, 15) is 9.59 Å². The fraction of sp³-hybridized carbons (Fsp3) is 0.600. The van der Waals surface area contributed by atoms with Crippen molar-refractivity contribution in [3.63, 3.8) is 0 Å². The third kappa shape index (κ3) is 2.68. The van der Waals surface area contributed by atoms with Crippen LogP contribution in [0.3, 0.4) is 0 Å². The average Bonchev–Trinajstić information content (AvgIpc) is 1.60. The summed E-state index contributed by atoms with van der Waals surface area (Å²) in [6, 6.07) is 0. The van der Waals surface area contributed by atoms with Crippen molar-refractivity contribution in [2.75, 3.05) is 0 Å². The summed E-state index contributed by atoms with van der Waals surface area (Å²) >= 11 is 5.05. The minimum Gasteiger partial charge on any atom is -0.465 e. The second-order valence-corrected chi connectivity index (χ2v) is 2.67. The molecule has 0 atom stereocenters. The molecule has 0 aromatic heterocycles. The van der Waals surface area contributed by atoms with Gasteiger partial charge in [-0.05, 0) is 25.4 Å². The van der Waals surface area contributed by atoms with Crippen LogP contribution in [0.2, 0.25) is 0 Å². The maximum Gasteiger partial charge on any atom is 0.405 e. The van der Waals surface area contributed by atoms with Crippen LogP contribution in [0.5, 0.6) is 0 Å². The molecule has 5 heteroatoms. The molecule has 58 valence electrons. The van der Waals surface area contributed by atoms with Crippen LogP contribution in [0.1, 0.15) is 13.8 Å². The van der Waals surface area contributed by atoms with Gasteiger partial charge < -0.3 is 10.4 Å². The first-order chi connectivity index (χ1) is 4.36. The summed E-state index contributed by atoms with van der Waals surface area (Å²) in [4.78, 5) is 20.4. The second kappa shape index (κ2) is 2.88. The van der Waals surface area contributed by atoms with Gasteiger partial charge in [0.1, 0.15) is 5.54 Å². The number of halogens is 1. The Bertz CT molecular complexity index is 166. The van der Waals surface area contributed by atoms with Crippen molar-refractivity contribution >= 4 is 22.9 Å². The number of rotatable bonds is 2. The van der Waals surface area contributed by atoms with Crippen LogP contribution in [0.4, 0.5) is 4.79 Å². The lowest BCUT2D eigenvalue weighted by atomic mass is 10.1. The van der Waals surface area contributed by atoms with Gasteiger partial charge in [0.15, 0.2) is 0 Å². The van der Waals surface area contributed by atoms with E-state index in [0.717, 1.165) is 0 Å². The normalized spacial score (nSPS) is 10.7. The highest BCUT2D eigenvalue weighted by Gasteiger charge is 2.27. The third-order valence-electron chi connectivity index (χ3n) is 0.911. The van der Waals surface area contributed by atoms with Crippen LogP contribution in [0, 0.1) is 0 Å². The van der Waals surface area contributed by atoms with E-state index >= 15 is 0 Å². The van der Waals surface area contributed by atoms with Crippen molar-refractivity contribution in [3.8, 4) is 0 Å². The molecule has 0 aromatic carbocycles. The molecule has 0 aromatic rings. The highest BCUT2D eigenvalue weighted by molar-refractivity contribution is 6.65. The molecule has 4 nitrogen and oxygen atoms in total. The van der Waals surface area contributed by atoms with E-state index in [0.29, 0.717) is 0 Å². The molecule has 10 heavy (non-hydrogen) atoms. The zero-order valence-corrected chi connectivity index (χ0v) is 6.40. The Morgan fingerprint density at radius 1 is 1.50 bits per heavy atom. The van der Waals surface area contributed by atoms with Crippen molar-refractivity contribution in [2.45, 2.75) is 19.4 Å². The Hall–Kier alpha value is -0.770. The Balaban J connectivity index is 4.13. The van der Waals surface area contributed by atoms with Crippen molar-refractivity contribution in [3.05, 3.63) is 0 Å². The lowest BCUT2D eigenvalue weighted by molar-refractivity contribution is -0.116. The summed E-state index contributed by atoms with van der Waals surface area (Å²) in [5.41, 5.74) is -1.20. The summed E-state index contributed by atoms with van der Waals surface area (Å²) in [5, 5.41) is 9.40. The first-order valence-corrected chi connectivity index (χ1v) is 2.95. The molecule has 0 aliphatic carbocycles. The number of nitrogens with one attached hydrogen (secondary N) is 1. The third-order valence-corrected chi connectivity index (χ3v) is 1.38. The fourth-order valence-corrected chi connectivity index (χ4v) is 0.364. The molecule has 0 saturated carbocycles. The van der Waals surface area contributed by atoms with Gasteiger partial charge in [0.2, 0.25) is 5.24 Å². The molecule has 0 fully saturated rings. The average molecular weight is 166 g/mol. The van der Waals surface area contributed by atoms with Crippen molar-refractivity contribution in [1.29, 1.82) is 0 Å². The molecule has 0 spiro atoms. The van der Waals surface area contributed by atoms with Crippen molar-refractivity contribution in [1.82, 2.24) is 5.32 Å². The van der Waals surface area contributed by atoms with E-state index in [-0.39, 0.29) is 0 Å². The van der Waals surface area contributed by atoms with Gasteiger partial charge >= 0.3 is 6.09 Å². The van der Waals surface area contributed by atoms with Crippen LogP contribution < -0.4 is 5.32 Å². The minimum atomic E-state index is -1.26. The molecule has 0 aliphatic heterocycles. The van der Waals surface area contributed by atoms with Crippen LogP contribution in [0.15, 0.2) is 0 Å². The van der Waals surface area contributed by atoms with E-state index in [1.54, 1.807) is 0 Å². The van der Waals surface area contributed by atoms with E-state index in [4.69, 9.17) is 16.7 Å². The van der Waals surface area contributed by atoms with E-state index in [1.807, 2.05) is 5.32 Å². The molecular weight excluding hydrogens is 158 g/mol. The van der Waals surface area contributed by atoms with Gasteiger partial charge in [-0.25, -0.2) is 4.79 Å². The fourth-order valence-electron chi connectivity index (χ4n) is 0.316. The summed E-state index contributed by atoms with van der Waals surface area (Å²) < 4.78 is 0. The molecule has 0 heterocycles. The summed E-state index contributed by atoms with van der Waals surface area (Å²) in [5.74, 6) is 0. The van der Waals surface area contributed by atoms with Gasteiger partial charge in [-0.15, -0.1) is 0 Å². The second-order valence-electron chi connectivity index (χ2n) is 2.33. The van der Waals surface area contributed by atoms with Crippen LogP contribution in [-0.2, 0) is 4.79 Å². The van der Waals surface area contributed by atoms with Crippen LogP contribution >= 0.6 is 11.6 Å². The Labute approximate surface area is 63.2 Å². The highest BCUT2D eigenvalue weighted by atomic mass is 35.5. The topological polar surface area (TPSA) is 66.4 Å². The highest BCUT2D eigenvalue weighted by Crippen LogP contribution is 2.05. The number of hydrogen-bond acceptors (Lipinski definition) is 2. The van der Waals surface area contributed by atoms with Gasteiger partial charge in [-0.3, -0.25) is 4.79 Å². The molecule has 2 N–H and O–H groups in total. The Kier molecular flexibility index (Phi) is 2.65. The maximum absolute atomic E-state index is 10.4. The Morgan fingerprint density at radius 3 is 2.00 bits per heavy atom. The standard InChI is InChI=1S/C5H8ClNO3/c1-5(2,3(6)8)7-4(9)10/h7H,1-2H3,(H,9,10). The molecule has 0 bridgehead atoms. The van der Waals surface area contributed by atoms with Crippen molar-refractivity contribution < 1.29 is 14.7 Å². The van der Waals surface area contributed by atoms with Crippen LogP contribution in [-0.4, -0.2) is 22.0 Å². The molecule has 0 rings (SSSR count). The van der Waals surface area contributed by atoms with Gasteiger partial charge in [0.25, 0.3) is 0 Å². The monoisotopic (exact) mass is 165 g/mol. The maximum atomic E-state index is 10.4. The lowest BCUT2D eigenvalue weighted by Gasteiger charge is -2.18. The largest absolute Gasteiger partial charge is 0.465 e. The van der Waals surface area contributed by atoms with Crippen LogP contribution in [0.25, 0.3) is 0 Å². The number of amides is 1. The summed E-state index contributed by atoms with van der Waals surface area (Å²) in [6.07, 6.45) is -1.26. The SMILES string of the molecule is CC(C)(NC(=O)O)C(=O)Cl.